The summed E-state index contributed by atoms with van der Waals surface area (Å²) in [6, 6.07) is -2.76. The Morgan fingerprint density at radius 3 is 2.19 bits per heavy atom. The second kappa shape index (κ2) is 19.5. The molecule has 0 aromatic rings. The Hall–Kier alpha value is -2.84. The van der Waals surface area contributed by atoms with Gasteiger partial charge in [-0.05, 0) is 18.4 Å². The van der Waals surface area contributed by atoms with Gasteiger partial charge in [0, 0.05) is 38.3 Å². The van der Waals surface area contributed by atoms with Crippen molar-refractivity contribution in [1.82, 2.24) is 10.6 Å². The molecular weight excluding hydrogens is 706 g/mol. The average molecular weight is 755 g/mol. The molecule has 3 aliphatic rings. The number of carbonyl (C=O) groups is 3. The van der Waals surface area contributed by atoms with Gasteiger partial charge in [0.2, 0.25) is 17.6 Å². The van der Waals surface area contributed by atoms with Crippen LogP contribution in [0.5, 0.6) is 0 Å². The van der Waals surface area contributed by atoms with E-state index in [4.69, 9.17) is 34.0 Å². The van der Waals surface area contributed by atoms with E-state index in [1.54, 1.807) is 0 Å². The van der Waals surface area contributed by atoms with Gasteiger partial charge in [0.15, 0.2) is 12.6 Å². The van der Waals surface area contributed by atoms with Crippen molar-refractivity contribution in [3.05, 3.63) is 10.4 Å². The van der Waals surface area contributed by atoms with Gasteiger partial charge in [-0.3, -0.25) is 9.59 Å². The van der Waals surface area contributed by atoms with Crippen LogP contribution in [0.15, 0.2) is 5.11 Å². The molecule has 23 nitrogen and oxygen atoms in total. The number of nitrogens with one attached hydrogen (secondary N) is 2. The zero-order valence-electron chi connectivity index (χ0n) is 28.6. The maximum absolute atomic E-state index is 12.5. The van der Waals surface area contributed by atoms with Crippen LogP contribution in [0.3, 0.4) is 0 Å². The molecule has 0 aliphatic carbocycles. The first kappa shape index (κ1) is 43.6. The smallest absolute Gasteiger partial charge is 0.217 e. The number of aliphatic carboxylic acids is 1. The van der Waals surface area contributed by atoms with E-state index in [0.717, 1.165) is 13.8 Å². The number of hydrogen-bond acceptors (Lipinski definition) is 19. The van der Waals surface area contributed by atoms with Crippen molar-refractivity contribution in [3.8, 4) is 0 Å². The third kappa shape index (κ3) is 10.4. The van der Waals surface area contributed by atoms with Crippen LogP contribution in [0.4, 0.5) is 0 Å². The molecule has 2 amide bonds. The summed E-state index contributed by atoms with van der Waals surface area (Å²) in [5.41, 5.74) is 8.48. The second-order valence-corrected chi connectivity index (χ2v) is 12.6. The standard InChI is InChI=1S/C29H49N5O18/c1-4-13(38)19(40)25-17(32-11(2)36)14(39)8-29(52-25,28(45)46)48-10-16-20(41)22(43)23(44)27(50-16)51-24-18(33-12(3)37)26(47-7-5-6-31-34-30)49-15(9-35)21(24)42/h13-27,35,38-44H,4-10H2,1-3H3,(H,32,36)(H,33,37)(H,45,46)/p-1/t13-,14-,15?,16?,17-,18?,19-,20+,21-,22+,23?,24-,25?,26-,27+,29-/m1/s1. The number of amides is 2. The van der Waals surface area contributed by atoms with Gasteiger partial charge >= 0.3 is 0 Å². The Morgan fingerprint density at radius 2 is 1.62 bits per heavy atom. The van der Waals surface area contributed by atoms with Gasteiger partial charge in [-0.25, -0.2) is 0 Å². The number of ether oxygens (including phenoxy) is 6. The molecule has 10 N–H and O–H groups in total. The summed E-state index contributed by atoms with van der Waals surface area (Å²) in [7, 11) is 0. The maximum atomic E-state index is 12.5. The summed E-state index contributed by atoms with van der Waals surface area (Å²) in [5, 5.41) is 106. The highest BCUT2D eigenvalue weighted by Gasteiger charge is 2.55. The van der Waals surface area contributed by atoms with Gasteiger partial charge in [-0.2, -0.15) is 0 Å². The zero-order valence-corrected chi connectivity index (χ0v) is 28.6. The quantitative estimate of drug-likeness (QED) is 0.0286. The van der Waals surface area contributed by atoms with Crippen LogP contribution in [0.2, 0.25) is 0 Å². The summed E-state index contributed by atoms with van der Waals surface area (Å²) in [6.07, 6.45) is -23.4. The van der Waals surface area contributed by atoms with Gasteiger partial charge in [0.05, 0.1) is 31.5 Å². The van der Waals surface area contributed by atoms with Crippen LogP contribution < -0.4 is 15.7 Å². The molecule has 5 unspecified atom stereocenters. The Kier molecular flexibility index (Phi) is 16.3. The number of carboxylic acid groups (broad SMARTS) is 1. The summed E-state index contributed by atoms with van der Waals surface area (Å²) < 4.78 is 33.9. The lowest BCUT2D eigenvalue weighted by Crippen LogP contribution is -2.70. The molecule has 23 heteroatoms. The first-order valence-corrected chi connectivity index (χ1v) is 16.5. The lowest BCUT2D eigenvalue weighted by molar-refractivity contribution is -0.390. The molecule has 0 spiro atoms. The Labute approximate surface area is 296 Å². The van der Waals surface area contributed by atoms with Crippen molar-refractivity contribution >= 4 is 17.8 Å². The molecule has 3 rings (SSSR count). The minimum absolute atomic E-state index is 0.0409. The van der Waals surface area contributed by atoms with Crippen LogP contribution in [-0.4, -0.2) is 183 Å². The molecule has 3 aliphatic heterocycles. The first-order valence-electron chi connectivity index (χ1n) is 16.5. The van der Waals surface area contributed by atoms with Crippen molar-refractivity contribution in [1.29, 1.82) is 0 Å². The van der Waals surface area contributed by atoms with E-state index in [0.29, 0.717) is 0 Å². The van der Waals surface area contributed by atoms with Crippen molar-refractivity contribution in [2.24, 2.45) is 5.11 Å². The minimum atomic E-state index is -2.89. The van der Waals surface area contributed by atoms with Crippen molar-refractivity contribution < 1.29 is 88.8 Å². The molecule has 0 aromatic carbocycles. The van der Waals surface area contributed by atoms with Crippen LogP contribution in [0.25, 0.3) is 10.4 Å². The molecule has 0 radical (unpaired) electrons. The summed E-state index contributed by atoms with van der Waals surface area (Å²) in [5.74, 6) is -6.29. The monoisotopic (exact) mass is 754 g/mol. The van der Waals surface area contributed by atoms with Crippen LogP contribution in [0.1, 0.15) is 40.0 Å². The predicted octanol–water partition coefficient (Wildman–Crippen LogP) is -6.27. The molecule has 0 aromatic heterocycles. The summed E-state index contributed by atoms with van der Waals surface area (Å²) in [4.78, 5) is 39.1. The number of carbonyl (C=O) groups excluding carboxylic acids is 3. The van der Waals surface area contributed by atoms with E-state index >= 15 is 0 Å². The molecule has 0 saturated carbocycles. The van der Waals surface area contributed by atoms with E-state index in [1.807, 2.05) is 0 Å². The largest absolute Gasteiger partial charge is 0.544 e. The highest BCUT2D eigenvalue weighted by Crippen LogP contribution is 2.35. The van der Waals surface area contributed by atoms with Crippen molar-refractivity contribution in [2.75, 3.05) is 26.4 Å². The van der Waals surface area contributed by atoms with E-state index in [-0.39, 0.29) is 26.0 Å². The maximum Gasteiger partial charge on any atom is 0.217 e. The number of hydrogen-bond donors (Lipinski definition) is 10. The number of nitrogens with zero attached hydrogens (tertiary/aromatic N) is 3. The highest BCUT2D eigenvalue weighted by atomic mass is 16.8. The summed E-state index contributed by atoms with van der Waals surface area (Å²) >= 11 is 0. The van der Waals surface area contributed by atoms with Crippen LogP contribution in [-0.2, 0) is 42.8 Å². The van der Waals surface area contributed by atoms with Crippen LogP contribution in [0, 0.1) is 0 Å². The fourth-order valence-electron chi connectivity index (χ4n) is 6.08. The Bertz CT molecular complexity index is 1250. The average Bonchev–Trinajstić information content (AvgIpc) is 3.09. The SMILES string of the molecule is CC[C@@H](O)[C@@H](O)C1O[C@@](OCC2O[C@@H](O[C@@H]3C(NC(C)=O)[C@H](OCCCN=[N+]=[N-])OC(CO)[C@H]3O)C(O)[C@@H](O)[C@H]2O)(C(=O)[O-])C[C@@H](O)[C@H]1NC(C)=O. The Morgan fingerprint density at radius 1 is 0.981 bits per heavy atom. The van der Waals surface area contributed by atoms with Gasteiger partial charge in [0.25, 0.3) is 0 Å². The number of rotatable bonds is 17. The molecule has 16 atom stereocenters. The van der Waals surface area contributed by atoms with E-state index in [1.165, 1.54) is 6.92 Å². The topological polar surface area (TPSA) is 364 Å². The van der Waals surface area contributed by atoms with Crippen molar-refractivity contribution in [2.45, 2.75) is 138 Å². The van der Waals surface area contributed by atoms with E-state index < -0.39 is 135 Å². The first-order chi connectivity index (χ1) is 24.5. The van der Waals surface area contributed by atoms with E-state index in [9.17, 15) is 60.3 Å². The van der Waals surface area contributed by atoms with Gasteiger partial charge in [-0.15, -0.1) is 0 Å². The minimum Gasteiger partial charge on any atom is -0.544 e. The molecule has 3 heterocycles. The highest BCUT2D eigenvalue weighted by molar-refractivity contribution is 5.75. The predicted molar refractivity (Wildman–Crippen MR) is 165 cm³/mol. The fraction of sp³-hybridized carbons (Fsp3) is 0.897. The van der Waals surface area contributed by atoms with Gasteiger partial charge < -0.3 is 89.8 Å². The number of carboxylic acids is 1. The zero-order chi connectivity index (χ0) is 38.9. The third-order valence-electron chi connectivity index (χ3n) is 8.81. The van der Waals surface area contributed by atoms with E-state index in [2.05, 4.69) is 20.7 Å². The van der Waals surface area contributed by atoms with Crippen LogP contribution >= 0.6 is 0 Å². The lowest BCUT2D eigenvalue weighted by Gasteiger charge is -2.50. The number of aliphatic hydroxyl groups is 8. The Balaban J connectivity index is 1.86. The van der Waals surface area contributed by atoms with Gasteiger partial charge in [0.1, 0.15) is 66.9 Å². The molecule has 52 heavy (non-hydrogen) atoms. The molecule has 3 fully saturated rings. The molecule has 0 bridgehead atoms. The molecule has 298 valence electrons. The molecular formula is C29H48N5O18-. The third-order valence-corrected chi connectivity index (χ3v) is 8.81. The summed E-state index contributed by atoms with van der Waals surface area (Å²) in [6.45, 7) is 1.93. The molecule has 3 saturated heterocycles. The van der Waals surface area contributed by atoms with Gasteiger partial charge in [-0.1, -0.05) is 12.0 Å². The second-order valence-electron chi connectivity index (χ2n) is 12.6. The number of azide groups is 1. The lowest BCUT2D eigenvalue weighted by atomic mass is 9.88. The number of aliphatic hydroxyl groups excluding tert-OH is 8. The fourth-order valence-corrected chi connectivity index (χ4v) is 6.08. The normalized spacial score (nSPS) is 39.1. The van der Waals surface area contributed by atoms with Crippen molar-refractivity contribution in [3.63, 3.8) is 0 Å².